The molecule has 1 aromatic rings. The van der Waals surface area contributed by atoms with Crippen LogP contribution in [0.1, 0.15) is 35.7 Å². The van der Waals surface area contributed by atoms with Gasteiger partial charge in [-0.05, 0) is 29.7 Å². The van der Waals surface area contributed by atoms with E-state index < -0.39 is 5.97 Å². The van der Waals surface area contributed by atoms with Crippen molar-refractivity contribution in [2.45, 2.75) is 19.8 Å². The summed E-state index contributed by atoms with van der Waals surface area (Å²) in [4.78, 5) is 23.2. The van der Waals surface area contributed by atoms with Gasteiger partial charge in [-0.25, -0.2) is 4.79 Å². The maximum atomic E-state index is 12.1. The predicted molar refractivity (Wildman–Crippen MR) is 77.6 cm³/mol. The summed E-state index contributed by atoms with van der Waals surface area (Å²) in [6.07, 6.45) is 2.21. The number of hydrogen-bond acceptors (Lipinski definition) is 4. The Morgan fingerprint density at radius 2 is 1.85 bits per heavy atom. The Bertz CT molecular complexity index is 547. The number of methoxy groups -OCH3 is 2. The maximum absolute atomic E-state index is 12.1. The minimum Gasteiger partial charge on any atom is -0.496 e. The molecule has 20 heavy (non-hydrogen) atoms. The lowest BCUT2D eigenvalue weighted by atomic mass is 9.97. The molecule has 0 unspecified atom stereocenters. The van der Waals surface area contributed by atoms with E-state index in [9.17, 15) is 9.59 Å². The summed E-state index contributed by atoms with van der Waals surface area (Å²) in [7, 11) is 2.74. The SMILES string of the molecule is COC(=O)/C=C/C(=O)c1cc(Cl)cc(C(C)C)c1OC. The molecule has 0 bridgehead atoms. The molecule has 0 aliphatic carbocycles. The highest BCUT2D eigenvalue weighted by atomic mass is 35.5. The number of allylic oxidation sites excluding steroid dienone is 1. The first kappa shape index (κ1) is 16.2. The topological polar surface area (TPSA) is 52.6 Å². The third-order valence-electron chi connectivity index (χ3n) is 2.75. The second kappa shape index (κ2) is 7.10. The number of hydrogen-bond donors (Lipinski definition) is 0. The van der Waals surface area contributed by atoms with E-state index in [2.05, 4.69) is 4.74 Å². The van der Waals surface area contributed by atoms with Crippen molar-refractivity contribution < 1.29 is 19.1 Å². The largest absolute Gasteiger partial charge is 0.496 e. The van der Waals surface area contributed by atoms with E-state index in [1.54, 1.807) is 6.07 Å². The molecule has 108 valence electrons. The second-order valence-electron chi connectivity index (χ2n) is 4.45. The normalized spacial score (nSPS) is 10.9. The van der Waals surface area contributed by atoms with E-state index in [4.69, 9.17) is 16.3 Å². The van der Waals surface area contributed by atoms with Crippen molar-refractivity contribution >= 4 is 23.4 Å². The first-order valence-electron chi connectivity index (χ1n) is 6.08. The van der Waals surface area contributed by atoms with Crippen molar-refractivity contribution in [1.82, 2.24) is 0 Å². The van der Waals surface area contributed by atoms with Gasteiger partial charge < -0.3 is 9.47 Å². The first-order chi connectivity index (χ1) is 9.40. The van der Waals surface area contributed by atoms with Crippen LogP contribution in [0.3, 0.4) is 0 Å². The number of ether oxygens (including phenoxy) is 2. The van der Waals surface area contributed by atoms with Crippen LogP contribution in [0.15, 0.2) is 24.3 Å². The highest BCUT2D eigenvalue weighted by Crippen LogP contribution is 2.33. The summed E-state index contributed by atoms with van der Waals surface area (Å²) in [5.74, 6) is -0.330. The molecule has 1 rings (SSSR count). The van der Waals surface area contributed by atoms with Crippen molar-refractivity contribution in [2.75, 3.05) is 14.2 Å². The molecule has 0 aromatic heterocycles. The van der Waals surface area contributed by atoms with Crippen molar-refractivity contribution in [3.8, 4) is 5.75 Å². The number of ketones is 1. The second-order valence-corrected chi connectivity index (χ2v) is 4.89. The van der Waals surface area contributed by atoms with Gasteiger partial charge in [0, 0.05) is 11.1 Å². The molecule has 0 amide bonds. The minimum absolute atomic E-state index is 0.153. The highest BCUT2D eigenvalue weighted by Gasteiger charge is 2.17. The van der Waals surface area contributed by atoms with Crippen molar-refractivity contribution in [2.24, 2.45) is 0 Å². The van der Waals surface area contributed by atoms with E-state index in [0.717, 1.165) is 17.7 Å². The summed E-state index contributed by atoms with van der Waals surface area (Å²) in [5, 5.41) is 0.448. The van der Waals surface area contributed by atoms with Crippen molar-refractivity contribution in [1.29, 1.82) is 0 Å². The number of esters is 1. The van der Waals surface area contributed by atoms with E-state index in [1.165, 1.54) is 20.3 Å². The maximum Gasteiger partial charge on any atom is 0.330 e. The Balaban J connectivity index is 3.26. The molecule has 0 radical (unpaired) electrons. The Kier molecular flexibility index (Phi) is 5.77. The van der Waals surface area contributed by atoms with E-state index in [1.807, 2.05) is 13.8 Å². The van der Waals surface area contributed by atoms with Crippen LogP contribution in [0.25, 0.3) is 0 Å². The van der Waals surface area contributed by atoms with Crippen LogP contribution >= 0.6 is 11.6 Å². The van der Waals surface area contributed by atoms with Crippen LogP contribution in [-0.4, -0.2) is 26.0 Å². The molecule has 0 heterocycles. The minimum atomic E-state index is -0.594. The lowest BCUT2D eigenvalue weighted by Crippen LogP contribution is -2.05. The Hall–Kier alpha value is -1.81. The zero-order valence-corrected chi connectivity index (χ0v) is 12.7. The molecule has 0 spiro atoms. The van der Waals surface area contributed by atoms with Crippen LogP contribution in [0.4, 0.5) is 0 Å². The highest BCUT2D eigenvalue weighted by molar-refractivity contribution is 6.31. The standard InChI is InChI=1S/C15H17ClO4/c1-9(2)11-7-10(16)8-12(15(11)20-4)13(17)5-6-14(18)19-3/h5-9H,1-4H3/b6-5+. The molecule has 0 saturated carbocycles. The van der Waals surface area contributed by atoms with E-state index >= 15 is 0 Å². The summed E-state index contributed by atoms with van der Waals surface area (Å²) < 4.78 is 9.76. The molecular formula is C15H17ClO4. The van der Waals surface area contributed by atoms with Gasteiger partial charge in [-0.2, -0.15) is 0 Å². The van der Waals surface area contributed by atoms with Crippen molar-refractivity contribution in [3.05, 3.63) is 40.4 Å². The molecule has 0 aliphatic heterocycles. The molecule has 4 nitrogen and oxygen atoms in total. The molecule has 0 atom stereocenters. The zero-order valence-electron chi connectivity index (χ0n) is 11.9. The molecule has 5 heteroatoms. The lowest BCUT2D eigenvalue weighted by molar-refractivity contribution is -0.134. The fourth-order valence-corrected chi connectivity index (χ4v) is 1.98. The predicted octanol–water partition coefficient (Wildman–Crippen LogP) is 3.38. The summed E-state index contributed by atoms with van der Waals surface area (Å²) in [6.45, 7) is 3.96. The van der Waals surface area contributed by atoms with Gasteiger partial charge in [-0.15, -0.1) is 0 Å². The Morgan fingerprint density at radius 3 is 2.35 bits per heavy atom. The molecule has 1 aromatic carbocycles. The van der Waals surface area contributed by atoms with Crippen molar-refractivity contribution in [3.63, 3.8) is 0 Å². The number of carbonyl (C=O) groups is 2. The zero-order chi connectivity index (χ0) is 15.3. The van der Waals surface area contributed by atoms with E-state index in [0.29, 0.717) is 16.3 Å². The fraction of sp³-hybridized carbons (Fsp3) is 0.333. The van der Waals surface area contributed by atoms with Gasteiger partial charge in [0.05, 0.1) is 19.8 Å². The third-order valence-corrected chi connectivity index (χ3v) is 2.96. The summed E-state index contributed by atoms with van der Waals surface area (Å²) in [5.41, 5.74) is 1.17. The molecule has 0 fully saturated rings. The van der Waals surface area contributed by atoms with Crippen LogP contribution in [-0.2, 0) is 9.53 Å². The Labute approximate surface area is 123 Å². The Morgan fingerprint density at radius 1 is 1.20 bits per heavy atom. The van der Waals surface area contributed by atoms with Crippen LogP contribution in [0.5, 0.6) is 5.75 Å². The van der Waals surface area contributed by atoms with Gasteiger partial charge >= 0.3 is 5.97 Å². The van der Waals surface area contributed by atoms with Gasteiger partial charge in [0.1, 0.15) is 5.75 Å². The number of rotatable bonds is 5. The average Bonchev–Trinajstić information content (AvgIpc) is 2.43. The summed E-state index contributed by atoms with van der Waals surface area (Å²) in [6, 6.07) is 3.29. The molecule has 0 saturated heterocycles. The van der Waals surface area contributed by atoms with Gasteiger partial charge in [0.25, 0.3) is 0 Å². The smallest absolute Gasteiger partial charge is 0.330 e. The summed E-state index contributed by atoms with van der Waals surface area (Å²) >= 11 is 6.03. The van der Waals surface area contributed by atoms with Gasteiger partial charge in [0.2, 0.25) is 0 Å². The monoisotopic (exact) mass is 296 g/mol. The number of benzene rings is 1. The number of carbonyl (C=O) groups excluding carboxylic acids is 2. The lowest BCUT2D eigenvalue weighted by Gasteiger charge is -2.15. The fourth-order valence-electron chi connectivity index (χ4n) is 1.76. The van der Waals surface area contributed by atoms with Gasteiger partial charge in [0.15, 0.2) is 5.78 Å². The molecule has 0 aliphatic rings. The first-order valence-corrected chi connectivity index (χ1v) is 6.46. The van der Waals surface area contributed by atoms with Crippen LogP contribution in [0, 0.1) is 0 Å². The van der Waals surface area contributed by atoms with Gasteiger partial charge in [-0.3, -0.25) is 4.79 Å². The molecule has 0 N–H and O–H groups in total. The molecular weight excluding hydrogens is 280 g/mol. The van der Waals surface area contributed by atoms with Crippen LogP contribution in [0.2, 0.25) is 5.02 Å². The number of halogens is 1. The van der Waals surface area contributed by atoms with Crippen LogP contribution < -0.4 is 4.74 Å². The quantitative estimate of drug-likeness (QED) is 0.475. The average molecular weight is 297 g/mol. The van der Waals surface area contributed by atoms with Gasteiger partial charge in [-0.1, -0.05) is 25.4 Å². The third kappa shape index (κ3) is 3.84. The van der Waals surface area contributed by atoms with E-state index in [-0.39, 0.29) is 11.7 Å².